The average Bonchev–Trinajstić information content (AvgIpc) is 2.31. The summed E-state index contributed by atoms with van der Waals surface area (Å²) in [5.41, 5.74) is 0. The number of rotatable bonds is 8. The van der Waals surface area contributed by atoms with Crippen molar-refractivity contribution in [2.75, 3.05) is 13.2 Å². The van der Waals surface area contributed by atoms with Gasteiger partial charge in [0, 0.05) is 0 Å². The lowest BCUT2D eigenvalue weighted by molar-refractivity contribution is 0.246. The molecule has 0 aliphatic heterocycles. The molecule has 0 spiro atoms. The Balaban J connectivity index is 2.61. The zero-order valence-electron chi connectivity index (χ0n) is 12.4. The third kappa shape index (κ3) is 6.20. The lowest BCUT2D eigenvalue weighted by Crippen LogP contribution is -2.06. The Hall–Kier alpha value is -0.890. The van der Waals surface area contributed by atoms with Crippen LogP contribution in [0.15, 0.2) is 18.2 Å². The molecule has 1 rings (SSSR count). The molecule has 0 aromatic heterocycles. The van der Waals surface area contributed by atoms with Gasteiger partial charge in [0.15, 0.2) is 11.5 Å². The first-order valence-corrected chi connectivity index (χ1v) is 7.42. The van der Waals surface area contributed by atoms with Crippen molar-refractivity contribution in [1.82, 2.24) is 0 Å². The molecule has 2 nitrogen and oxygen atoms in total. The molecule has 0 aliphatic rings. The van der Waals surface area contributed by atoms with Crippen molar-refractivity contribution in [2.24, 2.45) is 11.8 Å². The molecule has 108 valence electrons. The van der Waals surface area contributed by atoms with Gasteiger partial charge in [-0.15, -0.1) is 0 Å². The molecule has 0 N–H and O–H groups in total. The van der Waals surface area contributed by atoms with E-state index in [4.69, 9.17) is 21.1 Å². The van der Waals surface area contributed by atoms with Crippen LogP contribution in [-0.2, 0) is 0 Å². The molecule has 1 aromatic rings. The minimum atomic E-state index is 0.616. The summed E-state index contributed by atoms with van der Waals surface area (Å²) in [5.74, 6) is 2.67. The van der Waals surface area contributed by atoms with Crippen molar-refractivity contribution in [2.45, 2.75) is 40.5 Å². The molecule has 0 heterocycles. The topological polar surface area (TPSA) is 18.5 Å². The van der Waals surface area contributed by atoms with Crippen molar-refractivity contribution in [3.8, 4) is 11.5 Å². The maximum absolute atomic E-state index is 6.18. The van der Waals surface area contributed by atoms with E-state index in [1.165, 1.54) is 0 Å². The van der Waals surface area contributed by atoms with Crippen LogP contribution in [0, 0.1) is 11.8 Å². The normalized spacial score (nSPS) is 11.1. The second kappa shape index (κ2) is 8.31. The number of halogens is 1. The van der Waals surface area contributed by atoms with Crippen LogP contribution in [0.4, 0.5) is 0 Å². The molecule has 0 unspecified atom stereocenters. The van der Waals surface area contributed by atoms with Crippen LogP contribution >= 0.6 is 11.6 Å². The smallest absolute Gasteiger partial charge is 0.179 e. The van der Waals surface area contributed by atoms with Crippen molar-refractivity contribution in [3.63, 3.8) is 0 Å². The molecule has 0 aliphatic carbocycles. The van der Waals surface area contributed by atoms with Gasteiger partial charge in [0.05, 0.1) is 18.2 Å². The fourth-order valence-corrected chi connectivity index (χ4v) is 1.76. The van der Waals surface area contributed by atoms with Gasteiger partial charge in [-0.1, -0.05) is 45.4 Å². The first-order chi connectivity index (χ1) is 9.00. The van der Waals surface area contributed by atoms with Gasteiger partial charge in [-0.2, -0.15) is 0 Å². The highest BCUT2D eigenvalue weighted by Gasteiger charge is 2.10. The highest BCUT2D eigenvalue weighted by Crippen LogP contribution is 2.35. The number of hydrogen-bond donors (Lipinski definition) is 0. The van der Waals surface area contributed by atoms with E-state index < -0.39 is 0 Å². The summed E-state index contributed by atoms with van der Waals surface area (Å²) in [7, 11) is 0. The van der Waals surface area contributed by atoms with E-state index in [1.54, 1.807) is 0 Å². The number of hydrogen-bond acceptors (Lipinski definition) is 2. The number of ether oxygens (including phenoxy) is 2. The fourth-order valence-electron chi connectivity index (χ4n) is 1.54. The van der Waals surface area contributed by atoms with Gasteiger partial charge in [-0.25, -0.2) is 0 Å². The molecule has 19 heavy (non-hydrogen) atoms. The van der Waals surface area contributed by atoms with Gasteiger partial charge in [0.2, 0.25) is 0 Å². The second-order valence-corrected chi connectivity index (χ2v) is 6.04. The van der Waals surface area contributed by atoms with E-state index in [0.29, 0.717) is 35.8 Å². The Morgan fingerprint density at radius 1 is 0.947 bits per heavy atom. The zero-order valence-corrected chi connectivity index (χ0v) is 13.2. The Labute approximate surface area is 122 Å². The quantitative estimate of drug-likeness (QED) is 0.654. The zero-order chi connectivity index (χ0) is 14.3. The summed E-state index contributed by atoms with van der Waals surface area (Å²) < 4.78 is 11.6. The first-order valence-electron chi connectivity index (χ1n) is 7.04. The summed E-state index contributed by atoms with van der Waals surface area (Å²) in [6.07, 6.45) is 2.04. The molecule has 0 radical (unpaired) electrons. The molecule has 3 heteroatoms. The lowest BCUT2D eigenvalue weighted by Gasteiger charge is -2.15. The first kappa shape index (κ1) is 16.2. The Morgan fingerprint density at radius 2 is 1.53 bits per heavy atom. The largest absolute Gasteiger partial charge is 0.490 e. The number of benzene rings is 1. The van der Waals surface area contributed by atoms with Crippen LogP contribution < -0.4 is 9.47 Å². The Bertz CT molecular complexity index is 375. The van der Waals surface area contributed by atoms with Crippen LogP contribution in [0.3, 0.4) is 0 Å². The standard InChI is InChI=1S/C16H25ClO2/c1-12(2)8-10-18-15-7-5-6-14(17)16(15)19-11-9-13(3)4/h5-7,12-13H,8-11H2,1-4H3. The molecule has 0 amide bonds. The van der Waals surface area contributed by atoms with Crippen molar-refractivity contribution >= 4 is 11.6 Å². The summed E-state index contributed by atoms with van der Waals surface area (Å²) in [6.45, 7) is 10.1. The van der Waals surface area contributed by atoms with Gasteiger partial charge in [0.1, 0.15) is 0 Å². The predicted octanol–water partition coefficient (Wildman–Crippen LogP) is 5.19. The SMILES string of the molecule is CC(C)CCOc1cccc(Cl)c1OCCC(C)C. The summed E-state index contributed by atoms with van der Waals surface area (Å²) in [4.78, 5) is 0. The third-order valence-corrected chi connectivity index (χ3v) is 3.12. The molecular formula is C16H25ClO2. The predicted molar refractivity (Wildman–Crippen MR) is 81.4 cm³/mol. The van der Waals surface area contributed by atoms with Gasteiger partial charge < -0.3 is 9.47 Å². The minimum Gasteiger partial charge on any atom is -0.490 e. The van der Waals surface area contributed by atoms with E-state index in [2.05, 4.69) is 27.7 Å². The Morgan fingerprint density at radius 3 is 2.11 bits per heavy atom. The summed E-state index contributed by atoms with van der Waals surface area (Å²) >= 11 is 6.18. The van der Waals surface area contributed by atoms with E-state index in [1.807, 2.05) is 18.2 Å². The van der Waals surface area contributed by atoms with E-state index >= 15 is 0 Å². The second-order valence-electron chi connectivity index (χ2n) is 5.63. The van der Waals surface area contributed by atoms with E-state index in [9.17, 15) is 0 Å². The molecule has 1 aromatic carbocycles. The molecule has 0 saturated carbocycles. The van der Waals surface area contributed by atoms with Gasteiger partial charge in [0.25, 0.3) is 0 Å². The number of para-hydroxylation sites is 1. The van der Waals surface area contributed by atoms with Crippen LogP contribution in [0.2, 0.25) is 5.02 Å². The monoisotopic (exact) mass is 284 g/mol. The Kier molecular flexibility index (Phi) is 7.07. The fraction of sp³-hybridized carbons (Fsp3) is 0.625. The van der Waals surface area contributed by atoms with Crippen molar-refractivity contribution in [3.05, 3.63) is 23.2 Å². The molecule has 0 saturated heterocycles. The van der Waals surface area contributed by atoms with Gasteiger partial charge in [-0.05, 0) is 36.8 Å². The lowest BCUT2D eigenvalue weighted by atomic mass is 10.1. The highest BCUT2D eigenvalue weighted by atomic mass is 35.5. The molecule has 0 atom stereocenters. The van der Waals surface area contributed by atoms with Gasteiger partial charge >= 0.3 is 0 Å². The van der Waals surface area contributed by atoms with Gasteiger partial charge in [-0.3, -0.25) is 0 Å². The maximum Gasteiger partial charge on any atom is 0.179 e. The van der Waals surface area contributed by atoms with Crippen molar-refractivity contribution in [1.29, 1.82) is 0 Å². The molecular weight excluding hydrogens is 260 g/mol. The molecule has 0 bridgehead atoms. The maximum atomic E-state index is 6.18. The van der Waals surface area contributed by atoms with E-state index in [0.717, 1.165) is 18.6 Å². The summed E-state index contributed by atoms with van der Waals surface area (Å²) in [6, 6.07) is 5.64. The van der Waals surface area contributed by atoms with E-state index in [-0.39, 0.29) is 0 Å². The average molecular weight is 285 g/mol. The highest BCUT2D eigenvalue weighted by molar-refractivity contribution is 6.32. The summed E-state index contributed by atoms with van der Waals surface area (Å²) in [5, 5.41) is 0.616. The molecule has 0 fully saturated rings. The van der Waals surface area contributed by atoms with Crippen LogP contribution in [-0.4, -0.2) is 13.2 Å². The third-order valence-electron chi connectivity index (χ3n) is 2.83. The van der Waals surface area contributed by atoms with Crippen molar-refractivity contribution < 1.29 is 9.47 Å². The van der Waals surface area contributed by atoms with Crippen LogP contribution in [0.25, 0.3) is 0 Å². The van der Waals surface area contributed by atoms with Crippen LogP contribution in [0.1, 0.15) is 40.5 Å². The van der Waals surface area contributed by atoms with Crippen LogP contribution in [0.5, 0.6) is 11.5 Å². The minimum absolute atomic E-state index is 0.616.